The van der Waals surface area contributed by atoms with Gasteiger partial charge in [-0.05, 0) is 32.1 Å². The second-order valence-corrected chi connectivity index (χ2v) is 6.65. The van der Waals surface area contributed by atoms with Crippen LogP contribution < -0.4 is 0 Å². The van der Waals surface area contributed by atoms with Crippen molar-refractivity contribution in [3.05, 3.63) is 36.0 Å². The monoisotopic (exact) mass is 272 g/mol. The summed E-state index contributed by atoms with van der Waals surface area (Å²) in [6.07, 6.45) is 2.97. The average molecular weight is 272 g/mol. The summed E-state index contributed by atoms with van der Waals surface area (Å²) in [5.41, 5.74) is 1.88. The first-order valence-corrected chi connectivity index (χ1v) is 7.09. The first kappa shape index (κ1) is 14.8. The molecule has 0 aliphatic heterocycles. The Morgan fingerprint density at radius 1 is 1.20 bits per heavy atom. The molecule has 20 heavy (non-hydrogen) atoms. The molecule has 0 saturated heterocycles. The van der Waals surface area contributed by atoms with Crippen LogP contribution in [0.5, 0.6) is 0 Å². The lowest BCUT2D eigenvalue weighted by Crippen LogP contribution is -2.26. The van der Waals surface area contributed by atoms with Crippen molar-refractivity contribution in [1.29, 1.82) is 0 Å². The summed E-state index contributed by atoms with van der Waals surface area (Å²) in [7, 11) is 4.14. The van der Waals surface area contributed by atoms with Gasteiger partial charge in [0.2, 0.25) is 5.91 Å². The van der Waals surface area contributed by atoms with Crippen molar-refractivity contribution in [3.63, 3.8) is 0 Å². The lowest BCUT2D eigenvalue weighted by atomic mass is 9.95. The number of fused-ring (bicyclic) bond motifs is 1. The van der Waals surface area contributed by atoms with E-state index in [4.69, 9.17) is 0 Å². The minimum absolute atomic E-state index is 0.143. The third-order valence-corrected chi connectivity index (χ3v) is 3.48. The fourth-order valence-corrected chi connectivity index (χ4v) is 2.32. The molecule has 2 aromatic rings. The SMILES string of the molecule is CN(C)CCc1cn(C(=O)C(C)(C)C)c2ccccc12. The second kappa shape index (κ2) is 5.41. The number of nitrogens with zero attached hydrogens (tertiary/aromatic N) is 2. The van der Waals surface area contributed by atoms with Gasteiger partial charge in [0.15, 0.2) is 0 Å². The predicted octanol–water partition coefficient (Wildman–Crippen LogP) is 3.43. The molecule has 0 aliphatic carbocycles. The van der Waals surface area contributed by atoms with E-state index in [0.717, 1.165) is 18.5 Å². The summed E-state index contributed by atoms with van der Waals surface area (Å²) < 4.78 is 1.82. The molecule has 0 saturated carbocycles. The van der Waals surface area contributed by atoms with E-state index < -0.39 is 0 Å². The maximum Gasteiger partial charge on any atom is 0.236 e. The Kier molecular flexibility index (Phi) is 4.00. The van der Waals surface area contributed by atoms with Crippen LogP contribution in [0, 0.1) is 5.41 Å². The van der Waals surface area contributed by atoms with Crippen molar-refractivity contribution in [1.82, 2.24) is 9.47 Å². The Hall–Kier alpha value is -1.61. The van der Waals surface area contributed by atoms with Gasteiger partial charge in [-0.15, -0.1) is 0 Å². The zero-order valence-electron chi connectivity index (χ0n) is 13.1. The van der Waals surface area contributed by atoms with Crippen molar-refractivity contribution >= 4 is 16.8 Å². The Morgan fingerprint density at radius 2 is 1.85 bits per heavy atom. The van der Waals surface area contributed by atoms with Gasteiger partial charge in [-0.25, -0.2) is 0 Å². The molecule has 0 unspecified atom stereocenters. The zero-order valence-corrected chi connectivity index (χ0v) is 13.1. The highest BCUT2D eigenvalue weighted by molar-refractivity contribution is 5.96. The third-order valence-electron chi connectivity index (χ3n) is 3.48. The summed E-state index contributed by atoms with van der Waals surface area (Å²) in [5.74, 6) is 0.143. The lowest BCUT2D eigenvalue weighted by Gasteiger charge is -2.17. The molecule has 0 bridgehead atoms. The molecule has 0 aliphatic rings. The molecule has 108 valence electrons. The van der Waals surface area contributed by atoms with Crippen LogP contribution in [-0.4, -0.2) is 36.0 Å². The first-order valence-electron chi connectivity index (χ1n) is 7.09. The predicted molar refractivity (Wildman–Crippen MR) is 84.3 cm³/mol. The number of carbonyl (C=O) groups excluding carboxylic acids is 1. The van der Waals surface area contributed by atoms with Crippen LogP contribution in [0.1, 0.15) is 31.1 Å². The number of rotatable bonds is 3. The molecule has 3 nitrogen and oxygen atoms in total. The van der Waals surface area contributed by atoms with Gasteiger partial charge < -0.3 is 4.90 Å². The fourth-order valence-electron chi connectivity index (χ4n) is 2.32. The number of carbonyl (C=O) groups is 1. The highest BCUT2D eigenvalue weighted by atomic mass is 16.2. The molecule has 2 rings (SSSR count). The van der Waals surface area contributed by atoms with Crippen molar-refractivity contribution in [2.24, 2.45) is 5.41 Å². The number of aromatic nitrogens is 1. The Balaban J connectivity index is 2.48. The average Bonchev–Trinajstić information content (AvgIpc) is 2.73. The van der Waals surface area contributed by atoms with Gasteiger partial charge in [0.25, 0.3) is 0 Å². The van der Waals surface area contributed by atoms with E-state index >= 15 is 0 Å². The summed E-state index contributed by atoms with van der Waals surface area (Å²) >= 11 is 0. The van der Waals surface area contributed by atoms with Gasteiger partial charge in [0.05, 0.1) is 5.52 Å². The van der Waals surface area contributed by atoms with Crippen molar-refractivity contribution in [3.8, 4) is 0 Å². The van der Waals surface area contributed by atoms with Gasteiger partial charge in [0.1, 0.15) is 0 Å². The van der Waals surface area contributed by atoms with E-state index in [1.54, 1.807) is 0 Å². The molecule has 0 fully saturated rings. The summed E-state index contributed by atoms with van der Waals surface area (Å²) in [5, 5.41) is 1.19. The summed E-state index contributed by atoms with van der Waals surface area (Å²) in [6.45, 7) is 6.87. The van der Waals surface area contributed by atoms with Gasteiger partial charge in [-0.2, -0.15) is 0 Å². The smallest absolute Gasteiger partial charge is 0.236 e. The fraction of sp³-hybridized carbons (Fsp3) is 0.471. The van der Waals surface area contributed by atoms with Gasteiger partial charge in [-0.1, -0.05) is 39.0 Å². The molecule has 3 heteroatoms. The largest absolute Gasteiger partial charge is 0.309 e. The number of hydrogen-bond acceptors (Lipinski definition) is 2. The van der Waals surface area contributed by atoms with Crippen LogP contribution in [0.4, 0.5) is 0 Å². The lowest BCUT2D eigenvalue weighted by molar-refractivity contribution is 0.0772. The molecule has 1 aromatic carbocycles. The van der Waals surface area contributed by atoms with E-state index in [2.05, 4.69) is 25.1 Å². The Bertz CT molecular complexity index is 617. The molecule has 0 radical (unpaired) electrons. The minimum Gasteiger partial charge on any atom is -0.309 e. The standard InChI is InChI=1S/C17H24N2O/c1-17(2,3)16(20)19-12-13(10-11-18(4)5)14-8-6-7-9-15(14)19/h6-9,12H,10-11H2,1-5H3. The van der Waals surface area contributed by atoms with Crippen molar-refractivity contribution in [2.45, 2.75) is 27.2 Å². The molecule has 0 amide bonds. The molecular formula is C17H24N2O. The van der Waals surface area contributed by atoms with Crippen LogP contribution in [0.25, 0.3) is 10.9 Å². The zero-order chi connectivity index (χ0) is 14.9. The number of hydrogen-bond donors (Lipinski definition) is 0. The topological polar surface area (TPSA) is 25.2 Å². The molecule has 0 N–H and O–H groups in total. The minimum atomic E-state index is -0.374. The maximum atomic E-state index is 12.6. The second-order valence-electron chi connectivity index (χ2n) is 6.65. The normalized spacial score (nSPS) is 12.3. The number of likely N-dealkylation sites (N-methyl/N-ethyl adjacent to an activating group) is 1. The maximum absolute atomic E-state index is 12.6. The van der Waals surface area contributed by atoms with Gasteiger partial charge >= 0.3 is 0 Å². The molecular weight excluding hydrogens is 248 g/mol. The third kappa shape index (κ3) is 2.93. The highest BCUT2D eigenvalue weighted by Crippen LogP contribution is 2.26. The van der Waals surface area contributed by atoms with Crippen LogP contribution in [-0.2, 0) is 6.42 Å². The van der Waals surface area contributed by atoms with Crippen LogP contribution in [0.15, 0.2) is 30.5 Å². The highest BCUT2D eigenvalue weighted by Gasteiger charge is 2.25. The molecule has 0 spiro atoms. The summed E-state index contributed by atoms with van der Waals surface area (Å²) in [6, 6.07) is 8.16. The van der Waals surface area contributed by atoms with E-state index in [1.807, 2.05) is 49.7 Å². The van der Waals surface area contributed by atoms with Crippen molar-refractivity contribution in [2.75, 3.05) is 20.6 Å². The van der Waals surface area contributed by atoms with E-state index in [0.29, 0.717) is 0 Å². The summed E-state index contributed by atoms with van der Waals surface area (Å²) in [4.78, 5) is 14.7. The molecule has 1 aromatic heterocycles. The van der Waals surface area contributed by atoms with Gasteiger partial charge in [-0.3, -0.25) is 9.36 Å². The first-order chi connectivity index (χ1) is 9.30. The van der Waals surface area contributed by atoms with Gasteiger partial charge in [0, 0.05) is 23.5 Å². The van der Waals surface area contributed by atoms with Crippen LogP contribution in [0.3, 0.4) is 0 Å². The quantitative estimate of drug-likeness (QED) is 0.855. The van der Waals surface area contributed by atoms with Crippen LogP contribution in [0.2, 0.25) is 0 Å². The molecule has 0 atom stereocenters. The molecule has 1 heterocycles. The van der Waals surface area contributed by atoms with Crippen molar-refractivity contribution < 1.29 is 4.79 Å². The van der Waals surface area contributed by atoms with E-state index in [1.165, 1.54) is 10.9 Å². The number of para-hydroxylation sites is 1. The van der Waals surface area contributed by atoms with E-state index in [-0.39, 0.29) is 11.3 Å². The Morgan fingerprint density at radius 3 is 2.45 bits per heavy atom. The van der Waals surface area contributed by atoms with E-state index in [9.17, 15) is 4.79 Å². The number of benzene rings is 1. The Labute approximate surface area is 121 Å². The van der Waals surface area contributed by atoms with Crippen LogP contribution >= 0.6 is 0 Å².